The van der Waals surface area contributed by atoms with Gasteiger partial charge < -0.3 is 0 Å². The van der Waals surface area contributed by atoms with Crippen LogP contribution in [-0.2, 0) is 0 Å². The molecule has 1 heterocycles. The van der Waals surface area contributed by atoms with E-state index in [0.717, 1.165) is 6.67 Å². The lowest BCUT2D eigenvalue weighted by atomic mass is 10.2. The van der Waals surface area contributed by atoms with Crippen molar-refractivity contribution in [1.29, 1.82) is 0 Å². The van der Waals surface area contributed by atoms with Gasteiger partial charge in [-0.3, -0.25) is 20.9 Å². The Morgan fingerprint density at radius 1 is 1.20 bits per heavy atom. The van der Waals surface area contributed by atoms with Gasteiger partial charge in [0.05, 0.1) is 13.3 Å². The molecule has 2 rings (SSSR count). The normalized spacial score (nSPS) is 17.3. The first-order chi connectivity index (χ1) is 7.36. The summed E-state index contributed by atoms with van der Waals surface area (Å²) in [5, 5.41) is 7.97. The summed E-state index contributed by atoms with van der Waals surface area (Å²) in [4.78, 5) is 11.7. The summed E-state index contributed by atoms with van der Waals surface area (Å²) in [6.07, 6.45) is 0. The van der Waals surface area contributed by atoms with Crippen LogP contribution in [0.3, 0.4) is 0 Å². The minimum absolute atomic E-state index is 0.0823. The first-order valence-electron chi connectivity index (χ1n) is 4.89. The Morgan fingerprint density at radius 3 is 2.53 bits per heavy atom. The lowest BCUT2D eigenvalue weighted by molar-refractivity contribution is 0.0698. The van der Waals surface area contributed by atoms with Crippen molar-refractivity contribution < 1.29 is 4.79 Å². The van der Waals surface area contributed by atoms with Gasteiger partial charge in [-0.05, 0) is 12.1 Å². The third-order valence-corrected chi connectivity index (χ3v) is 2.15. The van der Waals surface area contributed by atoms with Crippen molar-refractivity contribution in [3.8, 4) is 0 Å². The average molecular weight is 206 g/mol. The molecule has 1 amide bonds. The van der Waals surface area contributed by atoms with Gasteiger partial charge in [0, 0.05) is 12.2 Å². The summed E-state index contributed by atoms with van der Waals surface area (Å²) in [5.41, 5.74) is 3.47. The molecule has 0 bridgehead atoms. The van der Waals surface area contributed by atoms with Crippen molar-refractivity contribution in [3.05, 3.63) is 35.9 Å². The zero-order valence-electron chi connectivity index (χ0n) is 8.36. The van der Waals surface area contributed by atoms with Gasteiger partial charge in [-0.25, -0.2) is 0 Å². The molecule has 5 nitrogen and oxygen atoms in total. The van der Waals surface area contributed by atoms with Crippen LogP contribution in [0.1, 0.15) is 10.4 Å². The molecule has 0 saturated carbocycles. The second-order valence-corrected chi connectivity index (χ2v) is 3.34. The van der Waals surface area contributed by atoms with E-state index < -0.39 is 0 Å². The maximum atomic E-state index is 11.7. The first-order valence-corrected chi connectivity index (χ1v) is 4.89. The van der Waals surface area contributed by atoms with Crippen LogP contribution >= 0.6 is 0 Å². The Balaban J connectivity index is 1.91. The summed E-state index contributed by atoms with van der Waals surface area (Å²) >= 11 is 0. The fourth-order valence-corrected chi connectivity index (χ4v) is 1.40. The molecular formula is C10H14N4O. The monoisotopic (exact) mass is 206 g/mol. The molecule has 1 aromatic rings. The molecule has 1 saturated heterocycles. The minimum atomic E-state index is -0.0823. The predicted octanol–water partition coefficient (Wildman–Crippen LogP) is -0.301. The van der Waals surface area contributed by atoms with Gasteiger partial charge in [0.2, 0.25) is 0 Å². The van der Waals surface area contributed by atoms with Crippen LogP contribution in [-0.4, -0.2) is 30.9 Å². The van der Waals surface area contributed by atoms with Crippen LogP contribution in [0.5, 0.6) is 0 Å². The molecule has 15 heavy (non-hydrogen) atoms. The van der Waals surface area contributed by atoms with Crippen molar-refractivity contribution >= 4 is 5.91 Å². The van der Waals surface area contributed by atoms with E-state index in [1.807, 2.05) is 18.2 Å². The Labute approximate surface area is 88.4 Å². The number of amides is 1. The first kappa shape index (κ1) is 10.1. The number of hydrazine groups is 1. The molecule has 0 spiro atoms. The fourth-order valence-electron chi connectivity index (χ4n) is 1.40. The van der Waals surface area contributed by atoms with Gasteiger partial charge in [0.15, 0.2) is 0 Å². The van der Waals surface area contributed by atoms with E-state index >= 15 is 0 Å². The van der Waals surface area contributed by atoms with Crippen LogP contribution in [0.4, 0.5) is 0 Å². The number of nitrogens with one attached hydrogen (secondary N) is 3. The molecule has 5 heteroatoms. The highest BCUT2D eigenvalue weighted by molar-refractivity contribution is 5.93. The number of nitrogens with zero attached hydrogens (tertiary/aromatic N) is 1. The maximum Gasteiger partial charge on any atom is 0.265 e. The smallest absolute Gasteiger partial charge is 0.265 e. The quantitative estimate of drug-likeness (QED) is 0.622. The molecule has 1 aliphatic rings. The van der Waals surface area contributed by atoms with Crippen LogP contribution < -0.4 is 16.1 Å². The molecule has 1 aliphatic heterocycles. The number of hydrogen-bond donors (Lipinski definition) is 3. The second kappa shape index (κ2) is 4.88. The van der Waals surface area contributed by atoms with Gasteiger partial charge in [0.25, 0.3) is 5.91 Å². The molecule has 3 N–H and O–H groups in total. The molecular weight excluding hydrogens is 192 g/mol. The average Bonchev–Trinajstić information content (AvgIpc) is 2.31. The molecule has 0 radical (unpaired) electrons. The Morgan fingerprint density at radius 2 is 1.87 bits per heavy atom. The highest BCUT2D eigenvalue weighted by Gasteiger charge is 2.12. The number of benzene rings is 1. The SMILES string of the molecule is O=C(NN1CNCNC1)c1ccccc1. The van der Waals surface area contributed by atoms with E-state index in [1.54, 1.807) is 17.1 Å². The molecule has 0 atom stereocenters. The molecule has 1 fully saturated rings. The zero-order valence-corrected chi connectivity index (χ0v) is 8.36. The molecule has 0 aromatic heterocycles. The van der Waals surface area contributed by atoms with Gasteiger partial charge in [-0.15, -0.1) is 0 Å². The third kappa shape index (κ3) is 2.76. The Hall–Kier alpha value is -1.43. The summed E-state index contributed by atoms with van der Waals surface area (Å²) in [7, 11) is 0. The van der Waals surface area contributed by atoms with Crippen molar-refractivity contribution in [3.63, 3.8) is 0 Å². The third-order valence-electron chi connectivity index (χ3n) is 2.15. The number of hydrogen-bond acceptors (Lipinski definition) is 4. The van der Waals surface area contributed by atoms with E-state index in [1.165, 1.54) is 0 Å². The van der Waals surface area contributed by atoms with E-state index in [9.17, 15) is 4.79 Å². The number of rotatable bonds is 2. The van der Waals surface area contributed by atoms with Crippen molar-refractivity contribution in [1.82, 2.24) is 21.1 Å². The molecule has 1 aromatic carbocycles. The van der Waals surface area contributed by atoms with E-state index in [4.69, 9.17) is 0 Å². The molecule has 0 aliphatic carbocycles. The fraction of sp³-hybridized carbons (Fsp3) is 0.300. The van der Waals surface area contributed by atoms with Gasteiger partial charge in [0.1, 0.15) is 0 Å². The van der Waals surface area contributed by atoms with Crippen LogP contribution in [0.25, 0.3) is 0 Å². The van der Waals surface area contributed by atoms with Crippen LogP contribution in [0, 0.1) is 0 Å². The summed E-state index contributed by atoms with van der Waals surface area (Å²) in [6.45, 7) is 2.09. The van der Waals surface area contributed by atoms with Crippen molar-refractivity contribution in [2.75, 3.05) is 20.0 Å². The summed E-state index contributed by atoms with van der Waals surface area (Å²) in [5.74, 6) is -0.0823. The number of carbonyl (C=O) groups is 1. The minimum Gasteiger partial charge on any atom is -0.290 e. The van der Waals surface area contributed by atoms with Crippen LogP contribution in [0.15, 0.2) is 30.3 Å². The van der Waals surface area contributed by atoms with E-state index in [-0.39, 0.29) is 5.91 Å². The van der Waals surface area contributed by atoms with Crippen molar-refractivity contribution in [2.24, 2.45) is 0 Å². The Bertz CT molecular complexity index is 321. The van der Waals surface area contributed by atoms with Gasteiger partial charge in [-0.1, -0.05) is 18.2 Å². The van der Waals surface area contributed by atoms with Gasteiger partial charge in [-0.2, -0.15) is 5.01 Å². The molecule has 0 unspecified atom stereocenters. The zero-order chi connectivity index (χ0) is 10.5. The lowest BCUT2D eigenvalue weighted by Crippen LogP contribution is -2.57. The topological polar surface area (TPSA) is 56.4 Å². The highest BCUT2D eigenvalue weighted by atomic mass is 16.2. The highest BCUT2D eigenvalue weighted by Crippen LogP contribution is 1.98. The molecule has 80 valence electrons. The maximum absolute atomic E-state index is 11.7. The Kier molecular flexibility index (Phi) is 3.29. The lowest BCUT2D eigenvalue weighted by Gasteiger charge is -2.28. The van der Waals surface area contributed by atoms with E-state index in [0.29, 0.717) is 18.9 Å². The van der Waals surface area contributed by atoms with Crippen LogP contribution in [0.2, 0.25) is 0 Å². The van der Waals surface area contributed by atoms with Crippen molar-refractivity contribution in [2.45, 2.75) is 0 Å². The standard InChI is InChI=1S/C10H14N4O/c15-10(9-4-2-1-3-5-9)13-14-7-11-6-12-8-14/h1-5,11-12H,6-8H2,(H,13,15). The van der Waals surface area contributed by atoms with E-state index in [2.05, 4.69) is 16.1 Å². The summed E-state index contributed by atoms with van der Waals surface area (Å²) in [6, 6.07) is 9.17. The summed E-state index contributed by atoms with van der Waals surface area (Å²) < 4.78 is 0. The number of carbonyl (C=O) groups excluding carboxylic acids is 1. The predicted molar refractivity (Wildman–Crippen MR) is 56.6 cm³/mol. The largest absolute Gasteiger partial charge is 0.290 e. The van der Waals surface area contributed by atoms with Gasteiger partial charge >= 0.3 is 0 Å². The second-order valence-electron chi connectivity index (χ2n) is 3.34.